The van der Waals surface area contributed by atoms with Gasteiger partial charge < -0.3 is 11.1 Å². The highest BCUT2D eigenvalue weighted by Crippen LogP contribution is 2.11. The molecule has 0 aromatic heterocycles. The van der Waals surface area contributed by atoms with Crippen molar-refractivity contribution in [3.05, 3.63) is 0 Å². The summed E-state index contributed by atoms with van der Waals surface area (Å²) in [6, 6.07) is 0. The molecule has 1 amide bonds. The number of carbonyl (C=O) groups excluding carboxylic acids is 1. The lowest BCUT2D eigenvalue weighted by Crippen LogP contribution is -2.47. The molecule has 0 bridgehead atoms. The lowest BCUT2D eigenvalue weighted by atomic mass is 9.99. The van der Waals surface area contributed by atoms with Crippen LogP contribution >= 0.6 is 0 Å². The molecule has 0 aromatic rings. The Kier molecular flexibility index (Phi) is 1.71. The smallest absolute Gasteiger partial charge is 0.224 e. The van der Waals surface area contributed by atoms with Crippen molar-refractivity contribution < 1.29 is 4.79 Å². The number of hydrogen-bond donors (Lipinski definition) is 2. The molecule has 1 heterocycles. The van der Waals surface area contributed by atoms with Crippen LogP contribution in [0.25, 0.3) is 0 Å². The van der Waals surface area contributed by atoms with E-state index in [-0.39, 0.29) is 18.0 Å². The molecule has 9 heavy (non-hydrogen) atoms. The second-order valence-corrected chi connectivity index (χ2v) is 2.59. The summed E-state index contributed by atoms with van der Waals surface area (Å²) in [6.45, 7) is 1.92. The molecule has 0 radical (unpaired) electrons. The van der Waals surface area contributed by atoms with Crippen LogP contribution in [0.1, 0.15) is 19.8 Å². The predicted molar refractivity (Wildman–Crippen MR) is 34.5 cm³/mol. The summed E-state index contributed by atoms with van der Waals surface area (Å²) in [4.78, 5) is 10.8. The number of amides is 1. The van der Waals surface area contributed by atoms with Gasteiger partial charge in [-0.3, -0.25) is 4.79 Å². The Morgan fingerprint density at radius 3 is 2.78 bits per heavy atom. The second-order valence-electron chi connectivity index (χ2n) is 2.59. The van der Waals surface area contributed by atoms with Gasteiger partial charge in [0.25, 0.3) is 0 Å². The van der Waals surface area contributed by atoms with Crippen molar-refractivity contribution in [2.75, 3.05) is 0 Å². The van der Waals surface area contributed by atoms with Crippen molar-refractivity contribution in [1.82, 2.24) is 5.32 Å². The van der Waals surface area contributed by atoms with Gasteiger partial charge in [0.2, 0.25) is 5.91 Å². The maximum absolute atomic E-state index is 10.8. The van der Waals surface area contributed by atoms with Crippen molar-refractivity contribution in [2.45, 2.75) is 25.9 Å². The zero-order valence-electron chi connectivity index (χ0n) is 5.55. The molecule has 3 N–H and O–H groups in total. The van der Waals surface area contributed by atoms with Gasteiger partial charge >= 0.3 is 0 Å². The first-order chi connectivity index (χ1) is 4.20. The van der Waals surface area contributed by atoms with E-state index in [1.54, 1.807) is 0 Å². The molecule has 1 aliphatic heterocycles. The Morgan fingerprint density at radius 1 is 1.67 bits per heavy atom. The molecular formula is C6H12N2O. The van der Waals surface area contributed by atoms with Crippen LogP contribution in [0.4, 0.5) is 0 Å². The van der Waals surface area contributed by atoms with Gasteiger partial charge in [-0.1, -0.05) is 6.92 Å². The molecule has 1 fully saturated rings. The number of rotatable bonds is 0. The van der Waals surface area contributed by atoms with E-state index in [9.17, 15) is 4.79 Å². The average Bonchev–Trinajstić information content (AvgIpc) is 1.80. The van der Waals surface area contributed by atoms with E-state index in [1.165, 1.54) is 0 Å². The van der Waals surface area contributed by atoms with Gasteiger partial charge in [-0.2, -0.15) is 0 Å². The van der Waals surface area contributed by atoms with Gasteiger partial charge in [0, 0.05) is 5.92 Å². The summed E-state index contributed by atoms with van der Waals surface area (Å²) < 4.78 is 0. The van der Waals surface area contributed by atoms with Crippen LogP contribution in [0.15, 0.2) is 0 Å². The molecule has 3 nitrogen and oxygen atoms in total. The van der Waals surface area contributed by atoms with Crippen LogP contribution in [-0.4, -0.2) is 12.1 Å². The third-order valence-electron chi connectivity index (χ3n) is 1.69. The first-order valence-corrected chi connectivity index (χ1v) is 3.26. The minimum atomic E-state index is -0.103. The standard InChI is InChI=1S/C6H12N2O/c1-4-2-3-5(7)8-6(4)9/h4-5H,2-3,7H2,1H3,(H,8,9). The Bertz CT molecular complexity index is 124. The minimum absolute atomic E-state index is 0.0914. The summed E-state index contributed by atoms with van der Waals surface area (Å²) in [6.07, 6.45) is 1.73. The maximum Gasteiger partial charge on any atom is 0.224 e. The second kappa shape index (κ2) is 2.35. The summed E-state index contributed by atoms with van der Waals surface area (Å²) in [5, 5.41) is 2.67. The van der Waals surface area contributed by atoms with Gasteiger partial charge in [-0.15, -0.1) is 0 Å². The third kappa shape index (κ3) is 1.42. The first-order valence-electron chi connectivity index (χ1n) is 3.26. The van der Waals surface area contributed by atoms with Gasteiger partial charge in [0.05, 0.1) is 6.17 Å². The lowest BCUT2D eigenvalue weighted by molar-refractivity contribution is -0.127. The molecule has 3 heteroatoms. The van der Waals surface area contributed by atoms with Gasteiger partial charge in [0.1, 0.15) is 0 Å². The van der Waals surface area contributed by atoms with E-state index in [0.29, 0.717) is 0 Å². The van der Waals surface area contributed by atoms with Crippen molar-refractivity contribution in [3.63, 3.8) is 0 Å². The highest BCUT2D eigenvalue weighted by Gasteiger charge is 2.21. The number of carbonyl (C=O) groups is 1. The van der Waals surface area contributed by atoms with E-state index >= 15 is 0 Å². The number of nitrogens with one attached hydrogen (secondary N) is 1. The number of nitrogens with two attached hydrogens (primary N) is 1. The summed E-state index contributed by atoms with van der Waals surface area (Å²) in [5.41, 5.74) is 5.46. The van der Waals surface area contributed by atoms with E-state index in [0.717, 1.165) is 12.8 Å². The van der Waals surface area contributed by atoms with Crippen LogP contribution in [-0.2, 0) is 4.79 Å². The molecule has 1 saturated heterocycles. The topological polar surface area (TPSA) is 55.1 Å². The Labute approximate surface area is 54.6 Å². The first kappa shape index (κ1) is 6.55. The fourth-order valence-electron chi connectivity index (χ4n) is 0.958. The van der Waals surface area contributed by atoms with Crippen LogP contribution in [0.2, 0.25) is 0 Å². The van der Waals surface area contributed by atoms with Gasteiger partial charge in [-0.05, 0) is 12.8 Å². The molecule has 1 aliphatic rings. The SMILES string of the molecule is CC1CCC(N)NC1=O. The Morgan fingerprint density at radius 2 is 2.33 bits per heavy atom. The van der Waals surface area contributed by atoms with E-state index in [2.05, 4.69) is 5.32 Å². The van der Waals surface area contributed by atoms with Crippen LogP contribution in [0, 0.1) is 5.92 Å². The van der Waals surface area contributed by atoms with Gasteiger partial charge in [0.15, 0.2) is 0 Å². The van der Waals surface area contributed by atoms with Crippen molar-refractivity contribution in [1.29, 1.82) is 0 Å². The van der Waals surface area contributed by atoms with Crippen molar-refractivity contribution in [3.8, 4) is 0 Å². The normalized spacial score (nSPS) is 36.0. The fourth-order valence-corrected chi connectivity index (χ4v) is 0.958. The summed E-state index contributed by atoms with van der Waals surface area (Å²) in [5.74, 6) is 0.249. The molecule has 52 valence electrons. The highest BCUT2D eigenvalue weighted by atomic mass is 16.2. The predicted octanol–water partition coefficient (Wildman–Crippen LogP) is -0.183. The third-order valence-corrected chi connectivity index (χ3v) is 1.69. The van der Waals surface area contributed by atoms with E-state index in [4.69, 9.17) is 5.73 Å². The number of piperidine rings is 1. The molecule has 2 unspecified atom stereocenters. The van der Waals surface area contributed by atoms with E-state index < -0.39 is 0 Å². The quantitative estimate of drug-likeness (QED) is 0.475. The molecular weight excluding hydrogens is 116 g/mol. The molecule has 0 aliphatic carbocycles. The monoisotopic (exact) mass is 128 g/mol. The minimum Gasteiger partial charge on any atom is -0.341 e. The molecule has 0 aromatic carbocycles. The fraction of sp³-hybridized carbons (Fsp3) is 0.833. The van der Waals surface area contributed by atoms with Gasteiger partial charge in [-0.25, -0.2) is 0 Å². The highest BCUT2D eigenvalue weighted by molar-refractivity contribution is 5.79. The van der Waals surface area contributed by atoms with Crippen molar-refractivity contribution in [2.24, 2.45) is 11.7 Å². The Hall–Kier alpha value is -0.570. The molecule has 2 atom stereocenters. The molecule has 0 saturated carbocycles. The average molecular weight is 128 g/mol. The maximum atomic E-state index is 10.8. The Balaban J connectivity index is 2.44. The zero-order chi connectivity index (χ0) is 6.85. The largest absolute Gasteiger partial charge is 0.341 e. The molecule has 1 rings (SSSR count). The van der Waals surface area contributed by atoms with Crippen LogP contribution in [0.5, 0.6) is 0 Å². The molecule has 0 spiro atoms. The summed E-state index contributed by atoms with van der Waals surface area (Å²) in [7, 11) is 0. The van der Waals surface area contributed by atoms with Crippen LogP contribution in [0.3, 0.4) is 0 Å². The van der Waals surface area contributed by atoms with Crippen LogP contribution < -0.4 is 11.1 Å². The zero-order valence-corrected chi connectivity index (χ0v) is 5.55. The van der Waals surface area contributed by atoms with E-state index in [1.807, 2.05) is 6.92 Å². The lowest BCUT2D eigenvalue weighted by Gasteiger charge is -2.23. The summed E-state index contributed by atoms with van der Waals surface area (Å²) >= 11 is 0. The number of hydrogen-bond acceptors (Lipinski definition) is 2. The van der Waals surface area contributed by atoms with Crippen molar-refractivity contribution >= 4 is 5.91 Å².